The van der Waals surface area contributed by atoms with Crippen molar-refractivity contribution in [1.29, 1.82) is 0 Å². The van der Waals surface area contributed by atoms with E-state index in [0.29, 0.717) is 33.9 Å². The number of furan rings is 1. The molecule has 0 spiro atoms. The van der Waals surface area contributed by atoms with Crippen LogP contribution in [0.25, 0.3) is 0 Å². The molecule has 6 atom stereocenters. The summed E-state index contributed by atoms with van der Waals surface area (Å²) < 4.78 is 87.5. The van der Waals surface area contributed by atoms with Gasteiger partial charge in [-0.1, -0.05) is 58.6 Å². The molecule has 21 heteroatoms. The van der Waals surface area contributed by atoms with Crippen molar-refractivity contribution in [2.45, 2.75) is 43.1 Å². The van der Waals surface area contributed by atoms with Crippen LogP contribution in [0.2, 0.25) is 15.1 Å². The van der Waals surface area contributed by atoms with E-state index in [9.17, 15) is 45.8 Å². The lowest BCUT2D eigenvalue weighted by Gasteiger charge is -2.49. The average molecular weight is 884 g/mol. The third-order valence-corrected chi connectivity index (χ3v) is 12.2. The maximum atomic E-state index is 15.2. The summed E-state index contributed by atoms with van der Waals surface area (Å²) in [6, 6.07) is 11.1. The Hall–Kier alpha value is -5.17. The van der Waals surface area contributed by atoms with E-state index in [0.717, 1.165) is 18.1 Å². The Morgan fingerprint density at radius 3 is 2.25 bits per heavy atom. The first kappa shape index (κ1) is 40.6. The number of hydrazine groups is 2. The zero-order chi connectivity index (χ0) is 42.5. The van der Waals surface area contributed by atoms with E-state index in [1.165, 1.54) is 36.4 Å². The summed E-state index contributed by atoms with van der Waals surface area (Å²) in [5.41, 5.74) is -1.25. The quantitative estimate of drug-likeness (QED) is 0.108. The molecule has 59 heavy (non-hydrogen) atoms. The minimum absolute atomic E-state index is 0.0806. The predicted molar refractivity (Wildman–Crippen MR) is 196 cm³/mol. The number of pyridine rings is 2. The molecule has 308 valence electrons. The maximum Gasteiger partial charge on any atom is 0.433 e. The minimum atomic E-state index is -4.89. The Bertz CT molecular complexity index is 2460. The number of benzene rings is 1. The number of imide groups is 2. The van der Waals surface area contributed by atoms with Gasteiger partial charge in [0.25, 0.3) is 23.6 Å². The molecule has 4 aliphatic rings. The summed E-state index contributed by atoms with van der Waals surface area (Å²) in [7, 11) is 1.16. The number of hydrogen-bond donors (Lipinski definition) is 2. The first-order chi connectivity index (χ1) is 27.8. The van der Waals surface area contributed by atoms with Crippen molar-refractivity contribution in [3.05, 3.63) is 116 Å². The highest BCUT2D eigenvalue weighted by Crippen LogP contribution is 2.64. The number of aliphatic hydroxyl groups excluding tert-OH is 1. The molecule has 2 saturated heterocycles. The van der Waals surface area contributed by atoms with E-state index in [-0.39, 0.29) is 40.0 Å². The number of nitrogens with zero attached hydrogens (tertiary/aromatic N) is 5. The Morgan fingerprint density at radius 1 is 0.915 bits per heavy atom. The molecule has 0 radical (unpaired) electrons. The first-order valence-electron chi connectivity index (χ1n) is 17.7. The van der Waals surface area contributed by atoms with Crippen molar-refractivity contribution in [2.75, 3.05) is 17.5 Å². The van der Waals surface area contributed by atoms with E-state index < -0.39 is 106 Å². The van der Waals surface area contributed by atoms with Crippen LogP contribution in [0.3, 0.4) is 0 Å². The second-order valence-corrected chi connectivity index (χ2v) is 15.6. The Morgan fingerprint density at radius 2 is 1.63 bits per heavy atom. The highest BCUT2D eigenvalue weighted by molar-refractivity contribution is 6.33. The van der Waals surface area contributed by atoms with Crippen LogP contribution in [0, 0.1) is 23.7 Å². The largest absolute Gasteiger partial charge is 0.463 e. The van der Waals surface area contributed by atoms with Crippen molar-refractivity contribution in [3.63, 3.8) is 0 Å². The zero-order valence-corrected chi connectivity index (χ0v) is 32.3. The molecule has 1 aromatic carbocycles. The van der Waals surface area contributed by atoms with E-state index in [1.807, 2.05) is 0 Å². The molecular weight excluding hydrogens is 857 g/mol. The third-order valence-electron chi connectivity index (χ3n) is 11.4. The number of carbonyl (C=O) groups excluding carboxylic acids is 4. The SMILES string of the molecule is CN(c1nc(C(F)(F)F)ccc1Cl)N1C(=O)[C@H]2[C@H](CC=C3[C@H]2C[C@H]2C(=O)N(Nc4ncc(C(F)(F)F)cc4Cl)C(=O)[C@@]2(c2ccc(Cl)cc2)[C@H]3c2ccc(CO)o2)C1=O. The number of nitrogens with one attached hydrogen (secondary N) is 1. The van der Waals surface area contributed by atoms with Gasteiger partial charge in [-0.05, 0) is 66.8 Å². The van der Waals surface area contributed by atoms with Gasteiger partial charge < -0.3 is 9.52 Å². The molecule has 8 rings (SSSR count). The predicted octanol–water partition coefficient (Wildman–Crippen LogP) is 7.60. The minimum Gasteiger partial charge on any atom is -0.463 e. The van der Waals surface area contributed by atoms with Crippen LogP contribution in [0.15, 0.2) is 76.9 Å². The number of rotatable bonds is 7. The number of amides is 4. The fraction of sp³-hybridized carbons (Fsp3) is 0.316. The lowest BCUT2D eigenvalue weighted by Crippen LogP contribution is -2.53. The average Bonchev–Trinajstić information content (AvgIpc) is 3.82. The second-order valence-electron chi connectivity index (χ2n) is 14.4. The van der Waals surface area contributed by atoms with Crippen molar-refractivity contribution in [2.24, 2.45) is 23.7 Å². The van der Waals surface area contributed by atoms with Gasteiger partial charge in [-0.15, -0.1) is 0 Å². The topological polar surface area (TPSA) is 149 Å². The number of fused-ring (bicyclic) bond motifs is 4. The van der Waals surface area contributed by atoms with Gasteiger partial charge in [0.15, 0.2) is 11.6 Å². The molecule has 5 heterocycles. The Balaban J connectivity index is 1.26. The van der Waals surface area contributed by atoms with Crippen molar-refractivity contribution in [3.8, 4) is 0 Å². The van der Waals surface area contributed by atoms with Crippen molar-refractivity contribution < 1.29 is 55.0 Å². The Kier molecular flexibility index (Phi) is 9.80. The molecule has 4 aromatic rings. The van der Waals surface area contributed by atoms with Gasteiger partial charge in [0.2, 0.25) is 0 Å². The lowest BCUT2D eigenvalue weighted by atomic mass is 9.50. The Labute approximate surface area is 344 Å². The van der Waals surface area contributed by atoms with E-state index in [1.54, 1.807) is 6.08 Å². The molecule has 4 amide bonds. The summed E-state index contributed by atoms with van der Waals surface area (Å²) in [6.45, 7) is -0.559. The molecule has 12 nitrogen and oxygen atoms in total. The summed E-state index contributed by atoms with van der Waals surface area (Å²) in [5.74, 6) is -10.1. The number of anilines is 2. The first-order valence-corrected chi connectivity index (χ1v) is 18.8. The summed E-state index contributed by atoms with van der Waals surface area (Å²) in [5, 5.41) is 11.5. The van der Waals surface area contributed by atoms with Crippen molar-refractivity contribution >= 4 is 70.1 Å². The molecule has 2 aliphatic heterocycles. The number of carbonyl (C=O) groups is 4. The van der Waals surface area contributed by atoms with E-state index in [2.05, 4.69) is 15.4 Å². The molecule has 0 unspecified atom stereocenters. The molecule has 0 bridgehead atoms. The maximum absolute atomic E-state index is 15.2. The van der Waals surface area contributed by atoms with Crippen LogP contribution in [0.5, 0.6) is 0 Å². The molecule has 1 saturated carbocycles. The normalized spacial score (nSPS) is 25.5. The number of allylic oxidation sites excluding steroid dienone is 2. The number of halogens is 9. The number of aliphatic hydroxyl groups is 1. The number of alkyl halides is 6. The third kappa shape index (κ3) is 6.33. The lowest BCUT2D eigenvalue weighted by molar-refractivity contribution is -0.142. The van der Waals surface area contributed by atoms with Gasteiger partial charge in [0.1, 0.15) is 29.2 Å². The zero-order valence-electron chi connectivity index (χ0n) is 30.0. The van der Waals surface area contributed by atoms with Gasteiger partial charge >= 0.3 is 12.4 Å². The highest BCUT2D eigenvalue weighted by atomic mass is 35.5. The summed E-state index contributed by atoms with van der Waals surface area (Å²) in [6.07, 6.45) is -7.91. The van der Waals surface area contributed by atoms with Crippen LogP contribution in [-0.2, 0) is 43.6 Å². The van der Waals surface area contributed by atoms with Gasteiger partial charge in [0.05, 0.1) is 39.3 Å². The summed E-state index contributed by atoms with van der Waals surface area (Å²) >= 11 is 18.7. The monoisotopic (exact) mass is 882 g/mol. The number of hydrogen-bond acceptors (Lipinski definition) is 10. The van der Waals surface area contributed by atoms with Gasteiger partial charge in [-0.25, -0.2) is 9.97 Å². The highest BCUT2D eigenvalue weighted by Gasteiger charge is 2.71. The second kappa shape index (κ2) is 14.2. The molecule has 3 aromatic heterocycles. The van der Waals surface area contributed by atoms with Crippen LogP contribution < -0.4 is 10.4 Å². The standard InChI is InChI=1S/C38H27Cl3F6N6O6/c1-51(31-24(40)9-11-27(49-31)38(45,46)47)53-32(55)21-8-7-20-22(28(21)34(53)57)13-23-33(56)52(50-30-25(41)12-17(14-48-30)37(42,43)44)35(58)36(23,16-2-4-18(39)5-3-16)29(20)26-10-6-19(15-54)59-26/h2-7,9-12,14,21-23,28-29,54H,8,13,15H2,1H3,(H,48,50)/t21-,22+,23-,28-,29+,36+/m0/s1. The summed E-state index contributed by atoms with van der Waals surface area (Å²) in [4.78, 5) is 66.0. The smallest absolute Gasteiger partial charge is 0.433 e. The molecule has 3 fully saturated rings. The van der Waals surface area contributed by atoms with E-state index in [4.69, 9.17) is 39.2 Å². The fourth-order valence-corrected chi connectivity index (χ4v) is 9.48. The van der Waals surface area contributed by atoms with Crippen LogP contribution >= 0.6 is 34.8 Å². The van der Waals surface area contributed by atoms with Crippen LogP contribution in [0.4, 0.5) is 38.0 Å². The van der Waals surface area contributed by atoms with Crippen LogP contribution in [0.1, 0.15) is 47.1 Å². The number of aromatic nitrogens is 2. The van der Waals surface area contributed by atoms with E-state index >= 15 is 4.79 Å². The van der Waals surface area contributed by atoms with Gasteiger partial charge in [-0.3, -0.25) is 29.6 Å². The van der Waals surface area contributed by atoms with Gasteiger partial charge in [-0.2, -0.15) is 36.4 Å². The fourth-order valence-electron chi connectivity index (χ4n) is 8.92. The molecule has 2 N–H and O–H groups in total. The van der Waals surface area contributed by atoms with Crippen LogP contribution in [-0.4, -0.2) is 55.8 Å². The molecular formula is C38H27Cl3F6N6O6. The van der Waals surface area contributed by atoms with Crippen molar-refractivity contribution in [1.82, 2.24) is 20.0 Å². The molecule has 2 aliphatic carbocycles. The van der Waals surface area contributed by atoms with Gasteiger partial charge in [0, 0.05) is 18.3 Å².